The lowest BCUT2D eigenvalue weighted by Crippen LogP contribution is -2.47. The monoisotopic (exact) mass is 235 g/mol. The van der Waals surface area contributed by atoms with Gasteiger partial charge in [-0.15, -0.1) is 0 Å². The summed E-state index contributed by atoms with van der Waals surface area (Å²) < 4.78 is 0. The molecule has 1 aromatic carbocycles. The van der Waals surface area contributed by atoms with E-state index in [0.29, 0.717) is 0 Å². The topological polar surface area (TPSA) is 52.7 Å². The quantitative estimate of drug-likeness (QED) is 0.757. The van der Waals surface area contributed by atoms with Crippen LogP contribution in [0.2, 0.25) is 0 Å². The molecule has 4 nitrogen and oxygen atoms in total. The van der Waals surface area contributed by atoms with E-state index in [0.717, 1.165) is 38.4 Å². The molecular weight excluding hydrogens is 214 g/mol. The lowest BCUT2D eigenvalue weighted by atomic mass is 10.1. The smallest absolute Gasteiger partial charge is 0.0630 e. The van der Waals surface area contributed by atoms with Gasteiger partial charge >= 0.3 is 0 Å². The lowest BCUT2D eigenvalue weighted by Gasteiger charge is -2.37. The number of nitrogen functional groups attached to an aromatic ring is 1. The average molecular weight is 235 g/mol. The second-order valence-corrected chi connectivity index (χ2v) is 4.57. The third kappa shape index (κ3) is 2.70. The molecule has 0 amide bonds. The van der Waals surface area contributed by atoms with Crippen LogP contribution >= 0.6 is 0 Å². The normalized spacial score (nSPS) is 17.4. The minimum atomic E-state index is 0.243. The molecule has 1 aromatic rings. The summed E-state index contributed by atoms with van der Waals surface area (Å²) in [4.78, 5) is 4.63. The summed E-state index contributed by atoms with van der Waals surface area (Å²) in [6.07, 6.45) is 0. The van der Waals surface area contributed by atoms with Crippen LogP contribution in [0.25, 0.3) is 0 Å². The van der Waals surface area contributed by atoms with Crippen molar-refractivity contribution in [3.63, 3.8) is 0 Å². The fourth-order valence-corrected chi connectivity index (χ4v) is 2.45. The number of para-hydroxylation sites is 1. The zero-order valence-corrected chi connectivity index (χ0v) is 10.4. The number of nitrogens with zero attached hydrogens (tertiary/aromatic N) is 2. The van der Waals surface area contributed by atoms with Crippen LogP contribution in [0.5, 0.6) is 0 Å². The highest BCUT2D eigenvalue weighted by molar-refractivity contribution is 5.71. The van der Waals surface area contributed by atoms with Gasteiger partial charge < -0.3 is 15.7 Å². The predicted octanol–water partition coefficient (Wildman–Crippen LogP) is 0.692. The number of nitrogens with two attached hydrogens (primary N) is 1. The number of anilines is 2. The average Bonchev–Trinajstić information content (AvgIpc) is 2.31. The Morgan fingerprint density at radius 3 is 2.53 bits per heavy atom. The molecule has 1 aliphatic heterocycles. The summed E-state index contributed by atoms with van der Waals surface area (Å²) in [5.74, 6) is 0. The fourth-order valence-electron chi connectivity index (χ4n) is 2.45. The maximum Gasteiger partial charge on any atom is 0.0630 e. The number of aliphatic hydroxyl groups excluding tert-OH is 1. The van der Waals surface area contributed by atoms with Crippen molar-refractivity contribution >= 4 is 11.4 Å². The number of hydrogen-bond donors (Lipinski definition) is 2. The first-order valence-electron chi connectivity index (χ1n) is 6.15. The Hall–Kier alpha value is -1.26. The van der Waals surface area contributed by atoms with E-state index >= 15 is 0 Å². The van der Waals surface area contributed by atoms with E-state index in [1.54, 1.807) is 0 Å². The lowest BCUT2D eigenvalue weighted by molar-refractivity contribution is 0.189. The van der Waals surface area contributed by atoms with Gasteiger partial charge in [0.1, 0.15) is 0 Å². The van der Waals surface area contributed by atoms with Gasteiger partial charge in [-0.05, 0) is 18.6 Å². The van der Waals surface area contributed by atoms with Gasteiger partial charge in [-0.2, -0.15) is 0 Å². The van der Waals surface area contributed by atoms with Gasteiger partial charge in [-0.25, -0.2) is 0 Å². The number of β-amino-alcohol motifs (C(OH)–C–C–N with tert-alkyl or cyclic N) is 1. The molecule has 0 aromatic heterocycles. The molecule has 1 saturated heterocycles. The largest absolute Gasteiger partial charge is 0.397 e. The van der Waals surface area contributed by atoms with E-state index in [-0.39, 0.29) is 6.61 Å². The van der Waals surface area contributed by atoms with Crippen molar-refractivity contribution in [1.82, 2.24) is 4.90 Å². The number of benzene rings is 1. The Balaban J connectivity index is 2.05. The van der Waals surface area contributed by atoms with Gasteiger partial charge in [-0.1, -0.05) is 12.1 Å². The number of piperazine rings is 1. The zero-order chi connectivity index (χ0) is 12.3. The molecule has 2 rings (SSSR count). The molecule has 1 heterocycles. The second-order valence-electron chi connectivity index (χ2n) is 4.57. The van der Waals surface area contributed by atoms with Crippen molar-refractivity contribution in [1.29, 1.82) is 0 Å². The van der Waals surface area contributed by atoms with Gasteiger partial charge in [-0.3, -0.25) is 4.90 Å². The van der Waals surface area contributed by atoms with Crippen molar-refractivity contribution in [3.8, 4) is 0 Å². The van der Waals surface area contributed by atoms with E-state index in [2.05, 4.69) is 22.8 Å². The fraction of sp³-hybridized carbons (Fsp3) is 0.538. The second kappa shape index (κ2) is 5.38. The van der Waals surface area contributed by atoms with Crippen molar-refractivity contribution < 1.29 is 5.11 Å². The Labute approximate surface area is 103 Å². The van der Waals surface area contributed by atoms with Gasteiger partial charge in [0.2, 0.25) is 0 Å². The number of hydrogen-bond acceptors (Lipinski definition) is 4. The first-order valence-corrected chi connectivity index (χ1v) is 6.15. The maximum absolute atomic E-state index is 8.91. The molecule has 3 N–H and O–H groups in total. The minimum absolute atomic E-state index is 0.243. The van der Waals surface area contributed by atoms with Crippen LogP contribution in [0.1, 0.15) is 5.56 Å². The van der Waals surface area contributed by atoms with Crippen molar-refractivity contribution in [2.75, 3.05) is 50.0 Å². The molecular formula is C13H21N3O. The molecule has 0 bridgehead atoms. The van der Waals surface area contributed by atoms with Crippen molar-refractivity contribution in [2.45, 2.75) is 6.92 Å². The summed E-state index contributed by atoms with van der Waals surface area (Å²) in [5, 5.41) is 8.91. The molecule has 94 valence electrons. The van der Waals surface area contributed by atoms with E-state index in [1.807, 2.05) is 12.1 Å². The molecule has 1 fully saturated rings. The molecule has 4 heteroatoms. The third-order valence-electron chi connectivity index (χ3n) is 3.37. The highest BCUT2D eigenvalue weighted by Gasteiger charge is 2.19. The van der Waals surface area contributed by atoms with Crippen LogP contribution in [0, 0.1) is 6.92 Å². The van der Waals surface area contributed by atoms with Gasteiger partial charge in [0.15, 0.2) is 0 Å². The van der Waals surface area contributed by atoms with Crippen molar-refractivity contribution in [3.05, 3.63) is 23.8 Å². The molecule has 0 saturated carbocycles. The molecule has 17 heavy (non-hydrogen) atoms. The van der Waals surface area contributed by atoms with Crippen molar-refractivity contribution in [2.24, 2.45) is 0 Å². The van der Waals surface area contributed by atoms with Crippen LogP contribution in [0.4, 0.5) is 11.4 Å². The first-order chi connectivity index (χ1) is 8.22. The molecule has 0 aliphatic carbocycles. The third-order valence-corrected chi connectivity index (χ3v) is 3.37. The molecule has 0 spiro atoms. The SMILES string of the molecule is Cc1cccc(N)c1N1CCN(CCO)CC1. The molecule has 0 atom stereocenters. The van der Waals surface area contributed by atoms with Gasteiger partial charge in [0, 0.05) is 32.7 Å². The Kier molecular flexibility index (Phi) is 3.86. The maximum atomic E-state index is 8.91. The Morgan fingerprint density at radius 1 is 1.24 bits per heavy atom. The zero-order valence-electron chi connectivity index (χ0n) is 10.4. The van der Waals surface area contributed by atoms with Crippen LogP contribution in [0.3, 0.4) is 0 Å². The Morgan fingerprint density at radius 2 is 1.94 bits per heavy atom. The molecule has 0 radical (unpaired) electrons. The van der Waals surface area contributed by atoms with Crippen LogP contribution in [-0.4, -0.2) is 49.3 Å². The number of aryl methyl sites for hydroxylation is 1. The standard InChI is InChI=1S/C13H21N3O/c1-11-3-2-4-12(14)13(11)16-7-5-15(6-8-16)9-10-17/h2-4,17H,5-10,14H2,1H3. The van der Waals surface area contributed by atoms with Crippen LogP contribution in [-0.2, 0) is 0 Å². The summed E-state index contributed by atoms with van der Waals surface area (Å²) in [6, 6.07) is 6.06. The van der Waals surface area contributed by atoms with Crippen LogP contribution < -0.4 is 10.6 Å². The highest BCUT2D eigenvalue weighted by atomic mass is 16.3. The number of rotatable bonds is 3. The minimum Gasteiger partial charge on any atom is -0.397 e. The molecule has 0 unspecified atom stereocenters. The number of aliphatic hydroxyl groups is 1. The van der Waals surface area contributed by atoms with Crippen LogP contribution in [0.15, 0.2) is 18.2 Å². The predicted molar refractivity (Wildman–Crippen MR) is 71.3 cm³/mol. The summed E-state index contributed by atoms with van der Waals surface area (Å²) in [6.45, 7) is 7.07. The van der Waals surface area contributed by atoms with E-state index < -0.39 is 0 Å². The molecule has 1 aliphatic rings. The van der Waals surface area contributed by atoms with E-state index in [4.69, 9.17) is 10.8 Å². The summed E-state index contributed by atoms with van der Waals surface area (Å²) in [5.41, 5.74) is 9.33. The van der Waals surface area contributed by atoms with Gasteiger partial charge in [0.25, 0.3) is 0 Å². The van der Waals surface area contributed by atoms with Gasteiger partial charge in [0.05, 0.1) is 18.0 Å². The van der Waals surface area contributed by atoms with E-state index in [1.165, 1.54) is 11.3 Å². The first kappa shape index (κ1) is 12.2. The Bertz CT molecular complexity index is 353. The summed E-state index contributed by atoms with van der Waals surface area (Å²) in [7, 11) is 0. The summed E-state index contributed by atoms with van der Waals surface area (Å²) >= 11 is 0. The highest BCUT2D eigenvalue weighted by Crippen LogP contribution is 2.27. The van der Waals surface area contributed by atoms with E-state index in [9.17, 15) is 0 Å².